The molecule has 1 aliphatic heterocycles. The van der Waals surface area contributed by atoms with E-state index in [-0.39, 0.29) is 29.5 Å². The van der Waals surface area contributed by atoms with Crippen molar-refractivity contribution in [2.24, 2.45) is 5.92 Å². The molecule has 0 bridgehead atoms. The summed E-state index contributed by atoms with van der Waals surface area (Å²) in [5, 5.41) is 11.6. The Labute approximate surface area is 207 Å². The molecule has 2 aromatic rings. The summed E-state index contributed by atoms with van der Waals surface area (Å²) in [6.07, 6.45) is -4.46. The molecule has 2 atom stereocenters. The molecule has 0 spiro atoms. The minimum absolute atomic E-state index is 0.0615. The second kappa shape index (κ2) is 10.3. The van der Waals surface area contributed by atoms with Crippen molar-refractivity contribution in [2.45, 2.75) is 37.0 Å². The largest absolute Gasteiger partial charge is 0.416 e. The van der Waals surface area contributed by atoms with E-state index >= 15 is 0 Å². The molecule has 1 heterocycles. The highest BCUT2D eigenvalue weighted by atomic mass is 32.2. The van der Waals surface area contributed by atoms with Crippen LogP contribution in [0, 0.1) is 17.2 Å². The van der Waals surface area contributed by atoms with Crippen LogP contribution in [0.2, 0.25) is 0 Å². The van der Waals surface area contributed by atoms with E-state index in [0.29, 0.717) is 5.56 Å². The monoisotopic (exact) mass is 522 g/mol. The van der Waals surface area contributed by atoms with Crippen molar-refractivity contribution in [3.05, 3.63) is 65.2 Å². The van der Waals surface area contributed by atoms with E-state index < -0.39 is 45.7 Å². The second-order valence-electron chi connectivity index (χ2n) is 8.62. The van der Waals surface area contributed by atoms with Gasteiger partial charge in [0.15, 0.2) is 0 Å². The predicted molar refractivity (Wildman–Crippen MR) is 124 cm³/mol. The number of benzene rings is 2. The van der Waals surface area contributed by atoms with Gasteiger partial charge in [-0.15, -0.1) is 0 Å². The van der Waals surface area contributed by atoms with Gasteiger partial charge in [0.25, 0.3) is 5.91 Å². The molecule has 8 nitrogen and oxygen atoms in total. The lowest BCUT2D eigenvalue weighted by atomic mass is 10.1. The summed E-state index contributed by atoms with van der Waals surface area (Å²) in [7, 11) is -2.47. The topological polar surface area (TPSA) is 111 Å². The fraction of sp³-hybridized carbons (Fsp3) is 0.375. The molecule has 192 valence electrons. The van der Waals surface area contributed by atoms with Crippen LogP contribution in [0.15, 0.2) is 53.4 Å². The lowest BCUT2D eigenvalue weighted by Crippen LogP contribution is -2.49. The molecule has 3 rings (SSSR count). The lowest BCUT2D eigenvalue weighted by molar-refractivity contribution is -0.137. The minimum atomic E-state index is -4.46. The summed E-state index contributed by atoms with van der Waals surface area (Å²) in [5.74, 6) is -1.49. The van der Waals surface area contributed by atoms with E-state index in [1.807, 2.05) is 6.07 Å². The molecule has 0 aromatic heterocycles. The fourth-order valence-corrected chi connectivity index (χ4v) is 5.17. The molecule has 0 aliphatic carbocycles. The molecule has 1 aliphatic rings. The first kappa shape index (κ1) is 27.2. The number of sulfonamides is 1. The number of carbonyl (C=O) groups excluding carboxylic acids is 2. The predicted octanol–water partition coefficient (Wildman–Crippen LogP) is 3.19. The summed E-state index contributed by atoms with van der Waals surface area (Å²) in [6, 6.07) is 10.3. The Morgan fingerprint density at radius 2 is 1.75 bits per heavy atom. The molecule has 1 N–H and O–H groups in total. The van der Waals surface area contributed by atoms with Crippen LogP contribution in [0.3, 0.4) is 0 Å². The maximum Gasteiger partial charge on any atom is 0.416 e. The molecular weight excluding hydrogens is 497 g/mol. The third kappa shape index (κ3) is 5.68. The van der Waals surface area contributed by atoms with Gasteiger partial charge in [-0.1, -0.05) is 18.2 Å². The van der Waals surface area contributed by atoms with Crippen molar-refractivity contribution in [3.8, 4) is 6.07 Å². The van der Waals surface area contributed by atoms with Crippen LogP contribution in [0.5, 0.6) is 0 Å². The average Bonchev–Trinajstić information content (AvgIpc) is 2.81. The number of nitrogens with zero attached hydrogens (tertiary/aromatic N) is 3. The van der Waals surface area contributed by atoms with E-state index in [1.165, 1.54) is 50.4 Å². The number of alkyl halides is 3. The fourth-order valence-electron chi connectivity index (χ4n) is 3.59. The van der Waals surface area contributed by atoms with Crippen molar-refractivity contribution in [3.63, 3.8) is 0 Å². The van der Waals surface area contributed by atoms with Gasteiger partial charge in [0.05, 0.1) is 28.5 Å². The zero-order valence-electron chi connectivity index (χ0n) is 19.8. The molecule has 36 heavy (non-hydrogen) atoms. The second-order valence-corrected chi connectivity index (χ2v) is 10.6. The zero-order chi connectivity index (χ0) is 26.8. The SMILES string of the molecule is C[C@H](NC(=O)[C@@H](C)N(C)C(=O)c1cccc(S(=O)(=O)N2CC(C#N)C2)c1)c1ccc(C(F)(F)F)cc1. The molecule has 0 saturated carbocycles. The van der Waals surface area contributed by atoms with Crippen LogP contribution in [0.25, 0.3) is 0 Å². The van der Waals surface area contributed by atoms with Crippen molar-refractivity contribution in [1.82, 2.24) is 14.5 Å². The molecule has 0 radical (unpaired) electrons. The van der Waals surface area contributed by atoms with Gasteiger partial charge in [0, 0.05) is 25.7 Å². The lowest BCUT2D eigenvalue weighted by Gasteiger charge is -2.34. The number of amides is 2. The van der Waals surface area contributed by atoms with E-state index in [1.54, 1.807) is 6.92 Å². The van der Waals surface area contributed by atoms with Gasteiger partial charge < -0.3 is 10.2 Å². The Bertz CT molecular complexity index is 1280. The summed E-state index contributed by atoms with van der Waals surface area (Å²) in [4.78, 5) is 26.8. The van der Waals surface area contributed by atoms with Crippen LogP contribution in [0.1, 0.15) is 41.4 Å². The van der Waals surface area contributed by atoms with Gasteiger partial charge in [-0.25, -0.2) is 8.42 Å². The summed E-state index contributed by atoms with van der Waals surface area (Å²) in [5.41, 5.74) is -0.279. The van der Waals surface area contributed by atoms with E-state index in [0.717, 1.165) is 21.3 Å². The van der Waals surface area contributed by atoms with Gasteiger partial charge in [0.2, 0.25) is 15.9 Å². The molecule has 2 aromatic carbocycles. The third-order valence-electron chi connectivity index (χ3n) is 6.13. The van der Waals surface area contributed by atoms with Crippen LogP contribution in [0.4, 0.5) is 13.2 Å². The Morgan fingerprint density at radius 1 is 1.14 bits per heavy atom. The van der Waals surface area contributed by atoms with E-state index in [2.05, 4.69) is 5.32 Å². The number of hydrogen-bond acceptors (Lipinski definition) is 5. The number of nitrogens with one attached hydrogen (secondary N) is 1. The number of likely N-dealkylation sites (N-methyl/N-ethyl adjacent to an activating group) is 1. The van der Waals surface area contributed by atoms with Gasteiger partial charge >= 0.3 is 6.18 Å². The van der Waals surface area contributed by atoms with Crippen LogP contribution in [-0.4, -0.2) is 55.6 Å². The highest BCUT2D eigenvalue weighted by molar-refractivity contribution is 7.89. The molecule has 0 unspecified atom stereocenters. The van der Waals surface area contributed by atoms with E-state index in [9.17, 15) is 31.2 Å². The normalized spacial score (nSPS) is 16.4. The van der Waals surface area contributed by atoms with Crippen molar-refractivity contribution in [1.29, 1.82) is 5.26 Å². The highest BCUT2D eigenvalue weighted by Gasteiger charge is 2.37. The average molecular weight is 523 g/mol. The smallest absolute Gasteiger partial charge is 0.348 e. The number of carbonyl (C=O) groups is 2. The number of hydrogen-bond donors (Lipinski definition) is 1. The minimum Gasteiger partial charge on any atom is -0.348 e. The molecule has 1 saturated heterocycles. The Morgan fingerprint density at radius 3 is 2.31 bits per heavy atom. The number of nitriles is 1. The maximum atomic E-state index is 13.0. The summed E-state index contributed by atoms with van der Waals surface area (Å²) >= 11 is 0. The standard InChI is InChI=1S/C24H25F3N4O4S/c1-15(18-7-9-20(10-8-18)24(25,26)27)29-22(32)16(2)30(3)23(33)19-5-4-6-21(11-19)36(34,35)31-13-17(12-28)14-31/h4-11,15-17H,13-14H2,1-3H3,(H,29,32)/t15-,16+/m0/s1. The Kier molecular flexibility index (Phi) is 7.76. The summed E-state index contributed by atoms with van der Waals surface area (Å²) < 4.78 is 65.0. The third-order valence-corrected chi connectivity index (χ3v) is 7.95. The highest BCUT2D eigenvalue weighted by Crippen LogP contribution is 2.30. The number of halogens is 3. The first-order valence-electron chi connectivity index (χ1n) is 11.0. The van der Waals surface area contributed by atoms with Gasteiger partial charge in [-0.05, 0) is 49.7 Å². The first-order valence-corrected chi connectivity index (χ1v) is 12.4. The van der Waals surface area contributed by atoms with Crippen molar-refractivity contribution < 1.29 is 31.2 Å². The number of rotatable bonds is 7. The zero-order valence-corrected chi connectivity index (χ0v) is 20.6. The molecular formula is C24H25F3N4O4S. The van der Waals surface area contributed by atoms with Crippen LogP contribution in [-0.2, 0) is 21.0 Å². The molecule has 12 heteroatoms. The Balaban J connectivity index is 1.67. The Hall–Kier alpha value is -3.43. The van der Waals surface area contributed by atoms with Crippen molar-refractivity contribution in [2.75, 3.05) is 20.1 Å². The van der Waals surface area contributed by atoms with Gasteiger partial charge in [-0.3, -0.25) is 9.59 Å². The van der Waals surface area contributed by atoms with Crippen molar-refractivity contribution >= 4 is 21.8 Å². The van der Waals surface area contributed by atoms with Gasteiger partial charge in [0.1, 0.15) is 6.04 Å². The molecule has 1 fully saturated rings. The maximum absolute atomic E-state index is 13.0. The van der Waals surface area contributed by atoms with Crippen LogP contribution >= 0.6 is 0 Å². The molecule has 2 amide bonds. The first-order chi connectivity index (χ1) is 16.8. The van der Waals surface area contributed by atoms with E-state index in [4.69, 9.17) is 5.26 Å². The summed E-state index contributed by atoms with van der Waals surface area (Å²) in [6.45, 7) is 3.27. The van der Waals surface area contributed by atoms with Crippen LogP contribution < -0.4 is 5.32 Å². The quantitative estimate of drug-likeness (QED) is 0.601. The van der Waals surface area contributed by atoms with Gasteiger partial charge in [-0.2, -0.15) is 22.7 Å².